The highest BCUT2D eigenvalue weighted by atomic mass is 16.5. The number of ether oxygens (including phenoxy) is 1. The van der Waals surface area contributed by atoms with Gasteiger partial charge in [0.25, 0.3) is 11.8 Å². The maximum absolute atomic E-state index is 12.3. The molecular formula is C16H22N2O4. The molecule has 0 spiro atoms. The molecule has 6 nitrogen and oxygen atoms in total. The Morgan fingerprint density at radius 3 is 2.23 bits per heavy atom. The summed E-state index contributed by atoms with van der Waals surface area (Å²) in [5.41, 5.74) is 6.37. The third kappa shape index (κ3) is 4.58. The lowest BCUT2D eigenvalue weighted by atomic mass is 10.0. The lowest BCUT2D eigenvalue weighted by molar-refractivity contribution is -0.156. The van der Waals surface area contributed by atoms with Crippen LogP contribution >= 0.6 is 0 Å². The Kier molecular flexibility index (Phi) is 6.10. The van der Waals surface area contributed by atoms with Gasteiger partial charge in [-0.3, -0.25) is 9.59 Å². The zero-order chi connectivity index (χ0) is 16.9. The largest absolute Gasteiger partial charge is 0.451 e. The van der Waals surface area contributed by atoms with Crippen LogP contribution in [0.3, 0.4) is 0 Å². The summed E-state index contributed by atoms with van der Waals surface area (Å²) < 4.78 is 4.97. The van der Waals surface area contributed by atoms with Gasteiger partial charge in [-0.1, -0.05) is 32.0 Å². The van der Waals surface area contributed by atoms with E-state index in [0.717, 1.165) is 5.56 Å². The number of carbonyl (C=O) groups excluding carboxylic acids is 3. The second-order valence-corrected chi connectivity index (χ2v) is 5.49. The van der Waals surface area contributed by atoms with Crippen molar-refractivity contribution in [1.82, 2.24) is 5.32 Å². The van der Waals surface area contributed by atoms with Crippen LogP contribution in [-0.4, -0.2) is 29.9 Å². The molecule has 0 aliphatic heterocycles. The van der Waals surface area contributed by atoms with Crippen LogP contribution < -0.4 is 11.1 Å². The molecule has 3 N–H and O–H groups in total. The topological polar surface area (TPSA) is 98.5 Å². The van der Waals surface area contributed by atoms with Gasteiger partial charge in [0.2, 0.25) is 0 Å². The molecule has 2 amide bonds. The second-order valence-electron chi connectivity index (χ2n) is 5.49. The van der Waals surface area contributed by atoms with Crippen molar-refractivity contribution in [2.45, 2.75) is 39.8 Å². The van der Waals surface area contributed by atoms with E-state index in [-0.39, 0.29) is 11.8 Å². The molecule has 0 aromatic heterocycles. The van der Waals surface area contributed by atoms with Gasteiger partial charge in [0.1, 0.15) is 6.04 Å². The minimum atomic E-state index is -1.04. The predicted molar refractivity (Wildman–Crippen MR) is 82.0 cm³/mol. The standard InChI is InChI=1S/C16H22N2O4/c1-9(2)13(16(21)22-11(4)14(17)19)18-15(20)12-8-6-5-7-10(12)3/h5-9,11,13H,1-4H3,(H2,17,19)(H,18,20)/t11-,13-/m0/s1. The van der Waals surface area contributed by atoms with E-state index in [2.05, 4.69) is 5.32 Å². The summed E-state index contributed by atoms with van der Waals surface area (Å²) in [6, 6.07) is 6.22. The summed E-state index contributed by atoms with van der Waals surface area (Å²) in [6.45, 7) is 6.76. The van der Waals surface area contributed by atoms with E-state index in [1.54, 1.807) is 26.0 Å². The van der Waals surface area contributed by atoms with E-state index >= 15 is 0 Å². The van der Waals surface area contributed by atoms with Crippen LogP contribution in [0.4, 0.5) is 0 Å². The van der Waals surface area contributed by atoms with E-state index in [9.17, 15) is 14.4 Å². The van der Waals surface area contributed by atoms with Gasteiger partial charge in [-0.15, -0.1) is 0 Å². The minimum absolute atomic E-state index is 0.194. The molecule has 0 unspecified atom stereocenters. The number of benzene rings is 1. The molecule has 0 aliphatic carbocycles. The van der Waals surface area contributed by atoms with Gasteiger partial charge in [-0.05, 0) is 31.4 Å². The normalized spacial score (nSPS) is 13.3. The maximum Gasteiger partial charge on any atom is 0.329 e. The Hall–Kier alpha value is -2.37. The van der Waals surface area contributed by atoms with Crippen molar-refractivity contribution in [2.75, 3.05) is 0 Å². The number of rotatable bonds is 6. The second kappa shape index (κ2) is 7.59. The first-order valence-electron chi connectivity index (χ1n) is 7.10. The van der Waals surface area contributed by atoms with Crippen LogP contribution in [0, 0.1) is 12.8 Å². The Bertz CT molecular complexity index is 569. The molecule has 2 atom stereocenters. The summed E-state index contributed by atoms with van der Waals surface area (Å²) >= 11 is 0. The van der Waals surface area contributed by atoms with Crippen LogP contribution in [0.1, 0.15) is 36.7 Å². The number of nitrogens with two attached hydrogens (primary N) is 1. The van der Waals surface area contributed by atoms with Crippen LogP contribution in [0.25, 0.3) is 0 Å². The van der Waals surface area contributed by atoms with Gasteiger partial charge in [-0.2, -0.15) is 0 Å². The van der Waals surface area contributed by atoms with Crippen LogP contribution in [0.2, 0.25) is 0 Å². The fraction of sp³-hybridized carbons (Fsp3) is 0.438. The van der Waals surface area contributed by atoms with Gasteiger partial charge < -0.3 is 15.8 Å². The summed E-state index contributed by atoms with van der Waals surface area (Å²) in [5, 5.41) is 2.65. The summed E-state index contributed by atoms with van der Waals surface area (Å²) in [6.07, 6.45) is -1.04. The Balaban J connectivity index is 2.84. The third-order valence-corrected chi connectivity index (χ3v) is 3.29. The van der Waals surface area contributed by atoms with Gasteiger partial charge >= 0.3 is 5.97 Å². The molecule has 6 heteroatoms. The van der Waals surface area contributed by atoms with E-state index in [0.29, 0.717) is 5.56 Å². The monoisotopic (exact) mass is 306 g/mol. The SMILES string of the molecule is Cc1ccccc1C(=O)N[C@H](C(=O)O[C@@H](C)C(N)=O)C(C)C. The molecule has 0 heterocycles. The number of nitrogens with one attached hydrogen (secondary N) is 1. The average Bonchev–Trinajstić information content (AvgIpc) is 2.44. The van der Waals surface area contributed by atoms with Gasteiger partial charge in [0, 0.05) is 5.56 Å². The Morgan fingerprint density at radius 2 is 1.73 bits per heavy atom. The Morgan fingerprint density at radius 1 is 1.14 bits per heavy atom. The zero-order valence-electron chi connectivity index (χ0n) is 13.3. The molecular weight excluding hydrogens is 284 g/mol. The third-order valence-electron chi connectivity index (χ3n) is 3.29. The molecule has 0 saturated heterocycles. The first-order valence-corrected chi connectivity index (χ1v) is 7.10. The number of aryl methyl sites for hydroxylation is 1. The smallest absolute Gasteiger partial charge is 0.329 e. The summed E-state index contributed by atoms with van der Waals surface area (Å²) in [4.78, 5) is 35.4. The van der Waals surface area contributed by atoms with E-state index < -0.39 is 24.0 Å². The minimum Gasteiger partial charge on any atom is -0.451 e. The molecule has 0 aliphatic rings. The highest BCUT2D eigenvalue weighted by Gasteiger charge is 2.28. The van der Waals surface area contributed by atoms with E-state index in [1.807, 2.05) is 19.1 Å². The molecule has 1 aromatic carbocycles. The Labute approximate surface area is 130 Å². The molecule has 0 saturated carbocycles. The van der Waals surface area contributed by atoms with Crippen LogP contribution in [0.5, 0.6) is 0 Å². The first kappa shape index (κ1) is 17.7. The molecule has 0 radical (unpaired) electrons. The van der Waals surface area contributed by atoms with Crippen LogP contribution in [-0.2, 0) is 14.3 Å². The quantitative estimate of drug-likeness (QED) is 0.771. The predicted octanol–water partition coefficient (Wildman–Crippen LogP) is 1.17. The lowest BCUT2D eigenvalue weighted by Gasteiger charge is -2.22. The highest BCUT2D eigenvalue weighted by Crippen LogP contribution is 2.10. The van der Waals surface area contributed by atoms with Crippen LogP contribution in [0.15, 0.2) is 24.3 Å². The van der Waals surface area contributed by atoms with Crippen molar-refractivity contribution in [3.05, 3.63) is 35.4 Å². The van der Waals surface area contributed by atoms with Crippen molar-refractivity contribution in [3.63, 3.8) is 0 Å². The van der Waals surface area contributed by atoms with Gasteiger partial charge in [0.15, 0.2) is 6.10 Å². The van der Waals surface area contributed by atoms with Crippen molar-refractivity contribution in [2.24, 2.45) is 11.7 Å². The number of hydrogen-bond acceptors (Lipinski definition) is 4. The maximum atomic E-state index is 12.3. The number of hydrogen-bond donors (Lipinski definition) is 2. The molecule has 1 aromatic rings. The van der Waals surface area contributed by atoms with Crippen molar-refractivity contribution in [3.8, 4) is 0 Å². The van der Waals surface area contributed by atoms with Crippen molar-refractivity contribution >= 4 is 17.8 Å². The first-order chi connectivity index (χ1) is 10.2. The van der Waals surface area contributed by atoms with Crippen molar-refractivity contribution in [1.29, 1.82) is 0 Å². The van der Waals surface area contributed by atoms with Gasteiger partial charge in [-0.25, -0.2) is 4.79 Å². The van der Waals surface area contributed by atoms with E-state index in [4.69, 9.17) is 10.5 Å². The summed E-state index contributed by atoms with van der Waals surface area (Å²) in [7, 11) is 0. The molecule has 1 rings (SSSR count). The number of esters is 1. The van der Waals surface area contributed by atoms with E-state index in [1.165, 1.54) is 6.92 Å². The molecule has 0 bridgehead atoms. The molecule has 22 heavy (non-hydrogen) atoms. The fourth-order valence-corrected chi connectivity index (χ4v) is 1.85. The molecule has 120 valence electrons. The highest BCUT2D eigenvalue weighted by molar-refractivity contribution is 5.98. The van der Waals surface area contributed by atoms with Gasteiger partial charge in [0.05, 0.1) is 0 Å². The van der Waals surface area contributed by atoms with Crippen molar-refractivity contribution < 1.29 is 19.1 Å². The molecule has 0 fully saturated rings. The average molecular weight is 306 g/mol. The number of amides is 2. The zero-order valence-corrected chi connectivity index (χ0v) is 13.3. The lowest BCUT2D eigenvalue weighted by Crippen LogP contribution is -2.47. The summed E-state index contributed by atoms with van der Waals surface area (Å²) in [5.74, 6) is -1.97. The number of primary amides is 1. The number of carbonyl (C=O) groups is 3. The fourth-order valence-electron chi connectivity index (χ4n) is 1.85.